The smallest absolute Gasteiger partial charge is 0.124 e. The molecule has 0 saturated heterocycles. The molecule has 5 heteroatoms. The van der Waals surface area contributed by atoms with Gasteiger partial charge in [0, 0.05) is 16.2 Å². The number of hydrogen-bond donors (Lipinski definition) is 1. The van der Waals surface area contributed by atoms with E-state index in [0.717, 1.165) is 28.7 Å². The Morgan fingerprint density at radius 1 is 1.38 bits per heavy atom. The highest BCUT2D eigenvalue weighted by Crippen LogP contribution is 2.33. The number of nitrogens with zero attached hydrogens (tertiary/aromatic N) is 1. The Kier molecular flexibility index (Phi) is 5.70. The maximum atomic E-state index is 13.7. The van der Waals surface area contributed by atoms with E-state index in [-0.39, 0.29) is 11.9 Å². The van der Waals surface area contributed by atoms with E-state index in [1.807, 2.05) is 12.1 Å². The summed E-state index contributed by atoms with van der Waals surface area (Å²) in [5.74, 6) is 0.351. The van der Waals surface area contributed by atoms with Gasteiger partial charge in [0.05, 0.1) is 18.8 Å². The van der Waals surface area contributed by atoms with Gasteiger partial charge in [0.1, 0.15) is 11.6 Å². The van der Waals surface area contributed by atoms with Crippen molar-refractivity contribution in [3.8, 4) is 5.75 Å². The summed E-state index contributed by atoms with van der Waals surface area (Å²) in [5, 5.41) is 3.41. The lowest BCUT2D eigenvalue weighted by Gasteiger charge is -2.22. The average molecular weight is 353 g/mol. The van der Waals surface area contributed by atoms with Gasteiger partial charge in [-0.3, -0.25) is 4.98 Å². The van der Waals surface area contributed by atoms with Crippen molar-refractivity contribution < 1.29 is 9.13 Å². The van der Waals surface area contributed by atoms with Crippen LogP contribution in [0.25, 0.3) is 0 Å². The van der Waals surface area contributed by atoms with Crippen LogP contribution in [0.1, 0.15) is 30.6 Å². The van der Waals surface area contributed by atoms with Gasteiger partial charge in [0.2, 0.25) is 0 Å². The van der Waals surface area contributed by atoms with Gasteiger partial charge in [-0.1, -0.05) is 6.92 Å². The van der Waals surface area contributed by atoms with Gasteiger partial charge in [0.15, 0.2) is 0 Å². The number of ether oxygens (including phenoxy) is 1. The molecule has 2 rings (SSSR count). The van der Waals surface area contributed by atoms with E-state index in [2.05, 4.69) is 33.2 Å². The van der Waals surface area contributed by atoms with Crippen LogP contribution in [0, 0.1) is 5.82 Å². The fourth-order valence-electron chi connectivity index (χ4n) is 2.18. The van der Waals surface area contributed by atoms with Crippen molar-refractivity contribution >= 4 is 15.9 Å². The Balaban J connectivity index is 2.50. The van der Waals surface area contributed by atoms with Gasteiger partial charge in [-0.25, -0.2) is 4.39 Å². The number of methoxy groups -OCH3 is 1. The van der Waals surface area contributed by atoms with Gasteiger partial charge < -0.3 is 10.1 Å². The predicted octanol–water partition coefficient (Wildman–Crippen LogP) is 4.08. The van der Waals surface area contributed by atoms with Gasteiger partial charge in [-0.05, 0) is 59.2 Å². The molecule has 3 nitrogen and oxygen atoms in total. The van der Waals surface area contributed by atoms with E-state index >= 15 is 0 Å². The normalized spacial score (nSPS) is 12.2. The molecule has 0 fully saturated rings. The van der Waals surface area contributed by atoms with Gasteiger partial charge in [0.25, 0.3) is 0 Å². The molecular formula is C16H18BrFN2O. The summed E-state index contributed by atoms with van der Waals surface area (Å²) in [5.41, 5.74) is 1.56. The summed E-state index contributed by atoms with van der Waals surface area (Å²) < 4.78 is 19.9. The molecule has 1 heterocycles. The second-order valence-electron chi connectivity index (χ2n) is 4.64. The highest BCUT2D eigenvalue weighted by Gasteiger charge is 2.21. The van der Waals surface area contributed by atoms with Gasteiger partial charge in [-0.2, -0.15) is 0 Å². The maximum Gasteiger partial charge on any atom is 0.124 e. The van der Waals surface area contributed by atoms with Crippen molar-refractivity contribution in [2.75, 3.05) is 13.7 Å². The maximum absolute atomic E-state index is 13.7. The fraction of sp³-hybridized carbons (Fsp3) is 0.312. The largest absolute Gasteiger partial charge is 0.496 e. The molecule has 21 heavy (non-hydrogen) atoms. The molecule has 1 N–H and O–H groups in total. The standard InChI is InChI=1S/C16H18BrFN2O/c1-3-8-19-15(16-13(17)5-4-9-20-16)12-10-11(18)6-7-14(12)21-2/h4-7,9-10,15,19H,3,8H2,1-2H3. The zero-order chi connectivity index (χ0) is 15.2. The number of hydrogen-bond acceptors (Lipinski definition) is 3. The molecule has 0 radical (unpaired) electrons. The quantitative estimate of drug-likeness (QED) is 0.850. The van der Waals surface area contributed by atoms with Crippen LogP contribution in [0.2, 0.25) is 0 Å². The third-order valence-corrected chi connectivity index (χ3v) is 3.83. The average Bonchev–Trinajstić information content (AvgIpc) is 2.49. The topological polar surface area (TPSA) is 34.1 Å². The van der Waals surface area contributed by atoms with E-state index in [0.29, 0.717) is 5.75 Å². The minimum absolute atomic E-state index is 0.230. The van der Waals surface area contributed by atoms with Crippen LogP contribution in [-0.2, 0) is 0 Å². The van der Waals surface area contributed by atoms with Crippen molar-refractivity contribution in [3.05, 3.63) is 58.1 Å². The zero-order valence-corrected chi connectivity index (χ0v) is 13.7. The van der Waals surface area contributed by atoms with Crippen molar-refractivity contribution in [1.82, 2.24) is 10.3 Å². The number of rotatable bonds is 6. The first-order chi connectivity index (χ1) is 10.2. The first-order valence-corrected chi connectivity index (χ1v) is 7.64. The van der Waals surface area contributed by atoms with Crippen molar-refractivity contribution in [2.24, 2.45) is 0 Å². The lowest BCUT2D eigenvalue weighted by atomic mass is 10.0. The lowest BCUT2D eigenvalue weighted by Crippen LogP contribution is -2.25. The molecule has 0 aliphatic rings. The molecule has 2 aromatic rings. The van der Waals surface area contributed by atoms with Crippen molar-refractivity contribution in [1.29, 1.82) is 0 Å². The molecule has 0 bridgehead atoms. The Bertz CT molecular complexity index is 607. The van der Waals surface area contributed by atoms with E-state index < -0.39 is 0 Å². The highest BCUT2D eigenvalue weighted by atomic mass is 79.9. The zero-order valence-electron chi connectivity index (χ0n) is 12.1. The molecule has 0 spiro atoms. The van der Waals surface area contributed by atoms with Crippen LogP contribution >= 0.6 is 15.9 Å². The number of halogens is 2. The SMILES string of the molecule is CCCNC(c1cc(F)ccc1OC)c1ncccc1Br. The second-order valence-corrected chi connectivity index (χ2v) is 5.50. The Labute approximate surface area is 132 Å². The van der Waals surface area contributed by atoms with E-state index in [1.54, 1.807) is 19.4 Å². The molecule has 0 saturated carbocycles. The third kappa shape index (κ3) is 3.80. The minimum Gasteiger partial charge on any atom is -0.496 e. The molecule has 1 aromatic carbocycles. The highest BCUT2D eigenvalue weighted by molar-refractivity contribution is 9.10. The van der Waals surface area contributed by atoms with E-state index in [1.165, 1.54) is 12.1 Å². The predicted molar refractivity (Wildman–Crippen MR) is 85.0 cm³/mol. The summed E-state index contributed by atoms with van der Waals surface area (Å²) in [7, 11) is 1.58. The molecule has 1 aromatic heterocycles. The molecular weight excluding hydrogens is 335 g/mol. The molecule has 0 aliphatic heterocycles. The molecule has 0 aliphatic carbocycles. The molecule has 1 atom stereocenters. The second kappa shape index (κ2) is 7.52. The van der Waals surface area contributed by atoms with Gasteiger partial charge >= 0.3 is 0 Å². The molecule has 112 valence electrons. The van der Waals surface area contributed by atoms with E-state index in [9.17, 15) is 4.39 Å². The van der Waals surface area contributed by atoms with E-state index in [4.69, 9.17) is 4.74 Å². The summed E-state index contributed by atoms with van der Waals surface area (Å²) >= 11 is 3.51. The third-order valence-electron chi connectivity index (χ3n) is 3.16. The van der Waals surface area contributed by atoms with Crippen LogP contribution in [0.4, 0.5) is 4.39 Å². The molecule has 1 unspecified atom stereocenters. The summed E-state index contributed by atoms with van der Waals surface area (Å²) in [6.45, 7) is 2.88. The van der Waals surface area contributed by atoms with Gasteiger partial charge in [-0.15, -0.1) is 0 Å². The Hall–Kier alpha value is -1.46. The summed E-state index contributed by atoms with van der Waals surface area (Å²) in [6.07, 6.45) is 2.70. The lowest BCUT2D eigenvalue weighted by molar-refractivity contribution is 0.401. The number of pyridine rings is 1. The van der Waals surface area contributed by atoms with Crippen LogP contribution in [0.5, 0.6) is 5.75 Å². The van der Waals surface area contributed by atoms with Crippen molar-refractivity contribution in [2.45, 2.75) is 19.4 Å². The first kappa shape index (κ1) is 15.9. The van der Waals surface area contributed by atoms with Crippen LogP contribution in [0.15, 0.2) is 41.0 Å². The number of aromatic nitrogens is 1. The number of nitrogens with one attached hydrogen (secondary N) is 1. The molecule has 0 amide bonds. The fourth-order valence-corrected chi connectivity index (χ4v) is 2.67. The Morgan fingerprint density at radius 2 is 2.19 bits per heavy atom. The number of benzene rings is 1. The minimum atomic E-state index is -0.291. The van der Waals surface area contributed by atoms with Crippen LogP contribution in [0.3, 0.4) is 0 Å². The Morgan fingerprint density at radius 3 is 2.86 bits per heavy atom. The monoisotopic (exact) mass is 352 g/mol. The summed E-state index contributed by atoms with van der Waals surface area (Å²) in [4.78, 5) is 4.43. The first-order valence-electron chi connectivity index (χ1n) is 6.84. The van der Waals surface area contributed by atoms with Crippen molar-refractivity contribution in [3.63, 3.8) is 0 Å². The van der Waals surface area contributed by atoms with Crippen LogP contribution < -0.4 is 10.1 Å². The summed E-state index contributed by atoms with van der Waals surface area (Å²) in [6, 6.07) is 8.08. The van der Waals surface area contributed by atoms with Crippen LogP contribution in [-0.4, -0.2) is 18.6 Å².